The van der Waals surface area contributed by atoms with Crippen LogP contribution in [0.15, 0.2) is 46.2 Å². The summed E-state index contributed by atoms with van der Waals surface area (Å²) in [7, 11) is -3.75. The van der Waals surface area contributed by atoms with Crippen LogP contribution in [0.5, 0.6) is 0 Å². The minimum atomic E-state index is -3.75. The van der Waals surface area contributed by atoms with Gasteiger partial charge in [0.15, 0.2) is 0 Å². The van der Waals surface area contributed by atoms with Crippen LogP contribution < -0.4 is 4.72 Å². The van der Waals surface area contributed by atoms with Crippen LogP contribution in [0.2, 0.25) is 0 Å². The van der Waals surface area contributed by atoms with Crippen molar-refractivity contribution < 1.29 is 13.5 Å². The molecule has 8 heteroatoms. The van der Waals surface area contributed by atoms with Crippen LogP contribution in [0.4, 0.5) is 0 Å². The molecule has 0 amide bonds. The van der Waals surface area contributed by atoms with Crippen molar-refractivity contribution in [2.45, 2.75) is 17.4 Å². The highest BCUT2D eigenvalue weighted by Crippen LogP contribution is 2.24. The predicted molar refractivity (Wildman–Crippen MR) is 85.2 cm³/mol. The molecule has 0 spiro atoms. The average molecular weight is 337 g/mol. The highest BCUT2D eigenvalue weighted by atomic mass is 32.2. The Morgan fingerprint density at radius 2 is 2.27 bits per heavy atom. The van der Waals surface area contributed by atoms with Gasteiger partial charge in [-0.1, -0.05) is 0 Å². The first-order chi connectivity index (χ1) is 10.4. The van der Waals surface area contributed by atoms with Crippen LogP contribution in [0, 0.1) is 0 Å². The molecule has 3 heterocycles. The lowest BCUT2D eigenvalue weighted by Crippen LogP contribution is -2.38. The standard InChI is InChI=1S/C14H15N3O3S2/c1-14(18,10-4-6-21-8-10)9-17-22(19,20)12-7-16-13-11(12)3-2-5-15-13/h2-8,17-18H,9H2,1H3,(H,15,16). The van der Waals surface area contributed by atoms with Gasteiger partial charge in [-0.15, -0.1) is 0 Å². The number of thiophene rings is 1. The molecular formula is C14H15N3O3S2. The van der Waals surface area contributed by atoms with E-state index in [0.717, 1.165) is 0 Å². The Labute approximate surface area is 131 Å². The number of sulfonamides is 1. The van der Waals surface area contributed by atoms with Crippen LogP contribution >= 0.6 is 11.3 Å². The topological polar surface area (TPSA) is 95.1 Å². The molecule has 0 saturated carbocycles. The molecule has 0 aromatic carbocycles. The maximum Gasteiger partial charge on any atom is 0.242 e. The van der Waals surface area contributed by atoms with E-state index in [9.17, 15) is 13.5 Å². The van der Waals surface area contributed by atoms with E-state index >= 15 is 0 Å². The molecule has 0 radical (unpaired) electrons. The summed E-state index contributed by atoms with van der Waals surface area (Å²) in [4.78, 5) is 7.02. The summed E-state index contributed by atoms with van der Waals surface area (Å²) < 4.78 is 27.4. The van der Waals surface area contributed by atoms with Gasteiger partial charge >= 0.3 is 0 Å². The van der Waals surface area contributed by atoms with Crippen molar-refractivity contribution in [3.63, 3.8) is 0 Å². The highest BCUT2D eigenvalue weighted by molar-refractivity contribution is 7.89. The van der Waals surface area contributed by atoms with Crippen LogP contribution in [0.1, 0.15) is 12.5 Å². The molecule has 0 bridgehead atoms. The quantitative estimate of drug-likeness (QED) is 0.662. The van der Waals surface area contributed by atoms with Gasteiger partial charge in [0.25, 0.3) is 0 Å². The average Bonchev–Trinajstić information content (AvgIpc) is 3.15. The molecule has 3 rings (SSSR count). The molecule has 3 aromatic rings. The minimum absolute atomic E-state index is 0.112. The number of H-pyrrole nitrogens is 1. The normalized spacial score (nSPS) is 15.0. The fourth-order valence-electron chi connectivity index (χ4n) is 2.14. The number of hydrogen-bond donors (Lipinski definition) is 3. The molecule has 0 aliphatic rings. The van der Waals surface area contributed by atoms with Gasteiger partial charge in [0.1, 0.15) is 16.1 Å². The molecule has 0 fully saturated rings. The number of fused-ring (bicyclic) bond motifs is 1. The zero-order valence-corrected chi connectivity index (χ0v) is 13.4. The lowest BCUT2D eigenvalue weighted by atomic mass is 10.0. The Morgan fingerprint density at radius 3 is 3.00 bits per heavy atom. The minimum Gasteiger partial charge on any atom is -0.384 e. The lowest BCUT2D eigenvalue weighted by molar-refractivity contribution is 0.0632. The van der Waals surface area contributed by atoms with E-state index in [2.05, 4.69) is 14.7 Å². The molecule has 6 nitrogen and oxygen atoms in total. The first-order valence-corrected chi connectivity index (χ1v) is 8.99. The molecule has 3 aromatic heterocycles. The van der Waals surface area contributed by atoms with Gasteiger partial charge < -0.3 is 10.1 Å². The van der Waals surface area contributed by atoms with Gasteiger partial charge in [-0.05, 0) is 41.4 Å². The van der Waals surface area contributed by atoms with E-state index in [1.165, 1.54) is 17.5 Å². The SMILES string of the molecule is CC(O)(CNS(=O)(=O)c1c[nH]c2ncccc12)c1ccsc1. The van der Waals surface area contributed by atoms with E-state index in [-0.39, 0.29) is 11.4 Å². The third-order valence-corrected chi connectivity index (χ3v) is 5.58. The number of nitrogens with zero attached hydrogens (tertiary/aromatic N) is 1. The first-order valence-electron chi connectivity index (χ1n) is 6.57. The number of pyridine rings is 1. The molecule has 3 N–H and O–H groups in total. The van der Waals surface area contributed by atoms with E-state index in [1.54, 1.807) is 36.7 Å². The fourth-order valence-corrected chi connectivity index (χ4v) is 4.22. The summed E-state index contributed by atoms with van der Waals surface area (Å²) in [5.41, 5.74) is -0.0782. The van der Waals surface area contributed by atoms with E-state index in [0.29, 0.717) is 16.6 Å². The highest BCUT2D eigenvalue weighted by Gasteiger charge is 2.27. The van der Waals surface area contributed by atoms with Crippen LogP contribution in [0.25, 0.3) is 11.0 Å². The maximum atomic E-state index is 12.5. The van der Waals surface area contributed by atoms with Crippen molar-refractivity contribution >= 4 is 32.4 Å². The molecule has 22 heavy (non-hydrogen) atoms. The van der Waals surface area contributed by atoms with E-state index in [4.69, 9.17) is 0 Å². The summed E-state index contributed by atoms with van der Waals surface area (Å²) in [5, 5.41) is 14.6. The summed E-state index contributed by atoms with van der Waals surface area (Å²) in [6.07, 6.45) is 2.99. The molecule has 0 saturated heterocycles. The molecule has 0 aliphatic carbocycles. The monoisotopic (exact) mass is 337 g/mol. The smallest absolute Gasteiger partial charge is 0.242 e. The van der Waals surface area contributed by atoms with E-state index in [1.807, 2.05) is 5.38 Å². The molecule has 1 atom stereocenters. The Balaban J connectivity index is 1.85. The second-order valence-corrected chi connectivity index (χ2v) is 7.68. The Morgan fingerprint density at radius 1 is 1.45 bits per heavy atom. The Bertz CT molecular complexity index is 883. The van der Waals surface area contributed by atoms with Crippen molar-refractivity contribution in [3.05, 3.63) is 46.9 Å². The number of hydrogen-bond acceptors (Lipinski definition) is 5. The summed E-state index contributed by atoms with van der Waals surface area (Å²) in [5.74, 6) is 0. The van der Waals surface area contributed by atoms with Crippen LogP contribution in [0.3, 0.4) is 0 Å². The van der Waals surface area contributed by atoms with Crippen LogP contribution in [-0.2, 0) is 15.6 Å². The summed E-state index contributed by atoms with van der Waals surface area (Å²) in [6, 6.07) is 5.13. The summed E-state index contributed by atoms with van der Waals surface area (Å²) in [6.45, 7) is 1.47. The van der Waals surface area contributed by atoms with Gasteiger partial charge in [0, 0.05) is 24.3 Å². The van der Waals surface area contributed by atoms with Gasteiger partial charge in [-0.25, -0.2) is 18.1 Å². The molecular weight excluding hydrogens is 322 g/mol. The number of nitrogens with one attached hydrogen (secondary N) is 2. The number of aromatic amines is 1. The van der Waals surface area contributed by atoms with Gasteiger partial charge in [0.2, 0.25) is 10.0 Å². The third-order valence-electron chi connectivity index (χ3n) is 3.45. The van der Waals surface area contributed by atoms with Gasteiger partial charge in [0.05, 0.1) is 0 Å². The first kappa shape index (κ1) is 15.2. The van der Waals surface area contributed by atoms with Crippen molar-refractivity contribution in [3.8, 4) is 0 Å². The lowest BCUT2D eigenvalue weighted by Gasteiger charge is -2.22. The van der Waals surface area contributed by atoms with E-state index < -0.39 is 15.6 Å². The van der Waals surface area contributed by atoms with Gasteiger partial charge in [-0.3, -0.25) is 0 Å². The number of aliphatic hydroxyl groups is 1. The number of rotatable bonds is 5. The maximum absolute atomic E-state index is 12.5. The summed E-state index contributed by atoms with van der Waals surface area (Å²) >= 11 is 1.45. The zero-order chi connectivity index (χ0) is 15.8. The zero-order valence-electron chi connectivity index (χ0n) is 11.8. The Hall–Kier alpha value is -1.74. The fraction of sp³-hybridized carbons (Fsp3) is 0.214. The Kier molecular flexibility index (Phi) is 3.77. The van der Waals surface area contributed by atoms with Crippen molar-refractivity contribution in [1.29, 1.82) is 0 Å². The molecule has 116 valence electrons. The largest absolute Gasteiger partial charge is 0.384 e. The third kappa shape index (κ3) is 2.78. The number of aromatic nitrogens is 2. The molecule has 0 aliphatic heterocycles. The predicted octanol–water partition coefficient (Wildman–Crippen LogP) is 1.81. The second kappa shape index (κ2) is 5.47. The van der Waals surface area contributed by atoms with Crippen molar-refractivity contribution in [1.82, 2.24) is 14.7 Å². The second-order valence-electron chi connectivity index (χ2n) is 5.16. The molecule has 1 unspecified atom stereocenters. The van der Waals surface area contributed by atoms with Crippen molar-refractivity contribution in [2.75, 3.05) is 6.54 Å². The van der Waals surface area contributed by atoms with Gasteiger partial charge in [-0.2, -0.15) is 11.3 Å². The van der Waals surface area contributed by atoms with Crippen LogP contribution in [-0.4, -0.2) is 30.0 Å². The van der Waals surface area contributed by atoms with Crippen molar-refractivity contribution in [2.24, 2.45) is 0 Å².